The summed E-state index contributed by atoms with van der Waals surface area (Å²) >= 11 is 3.58. The Labute approximate surface area is 132 Å². The van der Waals surface area contributed by atoms with Crippen LogP contribution in [0.3, 0.4) is 0 Å². The maximum atomic E-state index is 11.5. The van der Waals surface area contributed by atoms with Crippen molar-refractivity contribution in [1.82, 2.24) is 10.3 Å². The van der Waals surface area contributed by atoms with Crippen LogP contribution in [0, 0.1) is 11.8 Å². The van der Waals surface area contributed by atoms with Gasteiger partial charge in [0.2, 0.25) is 0 Å². The number of nitrogens with one attached hydrogen (secondary N) is 1. The summed E-state index contributed by atoms with van der Waals surface area (Å²) in [6.45, 7) is 1.92. The lowest BCUT2D eigenvalue weighted by Gasteiger charge is -2.36. The summed E-state index contributed by atoms with van der Waals surface area (Å²) in [5, 5.41) is 3.44. The molecule has 21 heavy (non-hydrogen) atoms. The number of pyridine rings is 1. The lowest BCUT2D eigenvalue weighted by molar-refractivity contribution is -0.157. The monoisotopic (exact) mass is 354 g/mol. The molecule has 0 spiro atoms. The largest absolute Gasteiger partial charge is 0.467 e. The average molecular weight is 355 g/mol. The Bertz CT molecular complexity index is 539. The van der Waals surface area contributed by atoms with Gasteiger partial charge >= 0.3 is 5.97 Å². The van der Waals surface area contributed by atoms with Crippen LogP contribution < -0.4 is 5.32 Å². The van der Waals surface area contributed by atoms with Crippen molar-refractivity contribution in [3.05, 3.63) is 28.5 Å². The van der Waals surface area contributed by atoms with Crippen molar-refractivity contribution in [2.45, 2.75) is 18.4 Å². The summed E-state index contributed by atoms with van der Waals surface area (Å²) in [6.07, 6.45) is 5.59. The SMILES string of the molecule is COC(=O)COC1(c2ccncc2Br)CCC2CNCC21. The number of halogens is 1. The second-order valence-electron chi connectivity index (χ2n) is 5.67. The van der Waals surface area contributed by atoms with E-state index in [9.17, 15) is 4.79 Å². The Kier molecular flexibility index (Phi) is 4.28. The maximum absolute atomic E-state index is 11.5. The number of rotatable bonds is 4. The number of hydrogen-bond acceptors (Lipinski definition) is 5. The predicted molar refractivity (Wildman–Crippen MR) is 80.7 cm³/mol. The van der Waals surface area contributed by atoms with Crippen LogP contribution in [-0.4, -0.2) is 37.8 Å². The normalized spacial score (nSPS) is 31.1. The topological polar surface area (TPSA) is 60.5 Å². The minimum atomic E-state index is -0.440. The lowest BCUT2D eigenvalue weighted by atomic mass is 9.82. The van der Waals surface area contributed by atoms with Gasteiger partial charge in [0.05, 0.1) is 12.7 Å². The van der Waals surface area contributed by atoms with Gasteiger partial charge in [0, 0.05) is 34.9 Å². The summed E-state index contributed by atoms with van der Waals surface area (Å²) in [4.78, 5) is 15.7. The number of esters is 1. The minimum Gasteiger partial charge on any atom is -0.467 e. The van der Waals surface area contributed by atoms with E-state index in [0.29, 0.717) is 11.8 Å². The number of carbonyl (C=O) groups excluding carboxylic acids is 1. The van der Waals surface area contributed by atoms with Crippen LogP contribution in [0.4, 0.5) is 0 Å². The Hall–Kier alpha value is -0.980. The van der Waals surface area contributed by atoms with Crippen molar-refractivity contribution in [3.8, 4) is 0 Å². The van der Waals surface area contributed by atoms with Gasteiger partial charge in [0.25, 0.3) is 0 Å². The van der Waals surface area contributed by atoms with Crippen molar-refractivity contribution in [1.29, 1.82) is 0 Å². The molecule has 3 atom stereocenters. The fourth-order valence-corrected chi connectivity index (χ4v) is 4.31. The van der Waals surface area contributed by atoms with E-state index in [4.69, 9.17) is 9.47 Å². The van der Waals surface area contributed by atoms with E-state index in [1.54, 1.807) is 12.4 Å². The third-order valence-electron chi connectivity index (χ3n) is 4.73. The van der Waals surface area contributed by atoms with Gasteiger partial charge < -0.3 is 14.8 Å². The van der Waals surface area contributed by atoms with Gasteiger partial charge in [-0.05, 0) is 47.3 Å². The fraction of sp³-hybridized carbons (Fsp3) is 0.600. The van der Waals surface area contributed by atoms with E-state index >= 15 is 0 Å². The predicted octanol–water partition coefficient (Wildman–Crippen LogP) is 1.86. The molecule has 5 nitrogen and oxygen atoms in total. The molecule has 6 heteroatoms. The summed E-state index contributed by atoms with van der Waals surface area (Å²) in [5.74, 6) is 0.637. The van der Waals surface area contributed by atoms with Crippen LogP contribution in [0.2, 0.25) is 0 Å². The first-order valence-electron chi connectivity index (χ1n) is 7.19. The van der Waals surface area contributed by atoms with Crippen LogP contribution >= 0.6 is 15.9 Å². The van der Waals surface area contributed by atoms with Crippen LogP contribution in [0.15, 0.2) is 22.9 Å². The second-order valence-corrected chi connectivity index (χ2v) is 6.53. The van der Waals surface area contributed by atoms with E-state index in [0.717, 1.165) is 36.0 Å². The zero-order chi connectivity index (χ0) is 14.9. The third kappa shape index (κ3) is 2.60. The number of hydrogen-bond donors (Lipinski definition) is 1. The molecule has 3 rings (SSSR count). The van der Waals surface area contributed by atoms with E-state index < -0.39 is 5.60 Å². The Morgan fingerprint density at radius 2 is 2.43 bits per heavy atom. The second kappa shape index (κ2) is 6.02. The zero-order valence-electron chi connectivity index (χ0n) is 12.0. The number of fused-ring (bicyclic) bond motifs is 1. The number of aromatic nitrogens is 1. The molecule has 0 radical (unpaired) electrons. The first-order valence-corrected chi connectivity index (χ1v) is 7.98. The summed E-state index contributed by atoms with van der Waals surface area (Å²) in [7, 11) is 1.38. The molecule has 1 aliphatic carbocycles. The Morgan fingerprint density at radius 3 is 3.19 bits per heavy atom. The fourth-order valence-electron chi connectivity index (χ4n) is 3.72. The highest BCUT2D eigenvalue weighted by Gasteiger charge is 2.53. The molecule has 0 aromatic carbocycles. The minimum absolute atomic E-state index is 0.0194. The van der Waals surface area contributed by atoms with Gasteiger partial charge in [-0.3, -0.25) is 4.98 Å². The quantitative estimate of drug-likeness (QED) is 0.836. The Balaban J connectivity index is 1.95. The number of ether oxygens (including phenoxy) is 2. The summed E-state index contributed by atoms with van der Waals surface area (Å²) < 4.78 is 11.8. The van der Waals surface area contributed by atoms with Gasteiger partial charge in [-0.1, -0.05) is 0 Å². The number of carbonyl (C=O) groups is 1. The standard InChI is InChI=1S/C15H19BrN2O3/c1-20-14(19)9-21-15(11-3-5-17-8-13(11)16)4-2-10-6-18-7-12(10)15/h3,5,8,10,12,18H,2,4,6-7,9H2,1H3. The van der Waals surface area contributed by atoms with Gasteiger partial charge in [-0.15, -0.1) is 0 Å². The lowest BCUT2D eigenvalue weighted by Crippen LogP contribution is -2.39. The van der Waals surface area contributed by atoms with Crippen LogP contribution in [0.5, 0.6) is 0 Å². The molecule has 3 unspecified atom stereocenters. The smallest absolute Gasteiger partial charge is 0.331 e. The molecule has 2 aliphatic rings. The molecule has 1 saturated heterocycles. The molecule has 1 aromatic rings. The molecule has 1 aliphatic heterocycles. The molecular formula is C15H19BrN2O3. The highest BCUT2D eigenvalue weighted by Crippen LogP contribution is 2.52. The van der Waals surface area contributed by atoms with Crippen LogP contribution in [-0.2, 0) is 19.9 Å². The molecule has 1 N–H and O–H groups in total. The molecule has 1 aromatic heterocycles. The third-order valence-corrected chi connectivity index (χ3v) is 5.36. The van der Waals surface area contributed by atoms with Gasteiger partial charge in [-0.2, -0.15) is 0 Å². The van der Waals surface area contributed by atoms with Crippen LogP contribution in [0.1, 0.15) is 18.4 Å². The highest BCUT2D eigenvalue weighted by atomic mass is 79.9. The molecule has 1 saturated carbocycles. The van der Waals surface area contributed by atoms with Crippen molar-refractivity contribution >= 4 is 21.9 Å². The molecule has 2 fully saturated rings. The van der Waals surface area contributed by atoms with Crippen molar-refractivity contribution in [3.63, 3.8) is 0 Å². The zero-order valence-corrected chi connectivity index (χ0v) is 13.6. The first kappa shape index (κ1) is 14.9. The van der Waals surface area contributed by atoms with Crippen LogP contribution in [0.25, 0.3) is 0 Å². The summed E-state index contributed by atoms with van der Waals surface area (Å²) in [6, 6.07) is 1.99. The molecule has 2 heterocycles. The van der Waals surface area contributed by atoms with Crippen molar-refractivity contribution in [2.75, 3.05) is 26.8 Å². The number of nitrogens with zero attached hydrogens (tertiary/aromatic N) is 1. The maximum Gasteiger partial charge on any atom is 0.331 e. The van der Waals surface area contributed by atoms with Crippen molar-refractivity contribution < 1.29 is 14.3 Å². The molecule has 114 valence electrons. The molecular weight excluding hydrogens is 336 g/mol. The van der Waals surface area contributed by atoms with Gasteiger partial charge in [-0.25, -0.2) is 4.79 Å². The Morgan fingerprint density at radius 1 is 1.57 bits per heavy atom. The van der Waals surface area contributed by atoms with E-state index in [1.165, 1.54) is 7.11 Å². The van der Waals surface area contributed by atoms with Gasteiger partial charge in [0.15, 0.2) is 0 Å². The summed E-state index contributed by atoms with van der Waals surface area (Å²) in [5.41, 5.74) is 0.641. The first-order chi connectivity index (χ1) is 10.2. The van der Waals surface area contributed by atoms with E-state index in [2.05, 4.69) is 26.2 Å². The average Bonchev–Trinajstić information content (AvgIpc) is 3.09. The molecule has 0 bridgehead atoms. The molecule has 0 amide bonds. The van der Waals surface area contributed by atoms with Gasteiger partial charge in [0.1, 0.15) is 6.61 Å². The van der Waals surface area contributed by atoms with Crippen molar-refractivity contribution in [2.24, 2.45) is 11.8 Å². The van der Waals surface area contributed by atoms with E-state index in [-0.39, 0.29) is 12.6 Å². The van der Waals surface area contributed by atoms with E-state index in [1.807, 2.05) is 6.07 Å². The number of methoxy groups -OCH3 is 1. The highest BCUT2D eigenvalue weighted by molar-refractivity contribution is 9.10.